The molecule has 0 atom stereocenters. The van der Waals surface area contributed by atoms with E-state index in [1.807, 2.05) is 0 Å². The molecule has 0 radical (unpaired) electrons. The van der Waals surface area contributed by atoms with Crippen molar-refractivity contribution in [2.75, 3.05) is 6.61 Å². The molecule has 0 bridgehead atoms. The lowest BCUT2D eigenvalue weighted by molar-refractivity contribution is 0.268. The Morgan fingerprint density at radius 1 is 0.815 bits per heavy atom. The van der Waals surface area contributed by atoms with Gasteiger partial charge in [-0.05, 0) is 35.7 Å². The first-order chi connectivity index (χ1) is 12.9. The largest absolute Gasteiger partial charge is 0.406 e. The average Bonchev–Trinajstić information content (AvgIpc) is 2.65. The first kappa shape index (κ1) is 19.8. The van der Waals surface area contributed by atoms with Crippen LogP contribution in [0.3, 0.4) is 0 Å². The van der Waals surface area contributed by atoms with Gasteiger partial charge in [-0.2, -0.15) is 0 Å². The maximum absolute atomic E-state index is 7.10. The Hall–Kier alpha value is -1.90. The van der Waals surface area contributed by atoms with Crippen LogP contribution in [0.5, 0.6) is 0 Å². The molecule has 0 fully saturated rings. The topological polar surface area (TPSA) is 9.23 Å². The number of allylic oxidation sites excluding steroid dienone is 2. The molecular formula is C25H32OSi. The summed E-state index contributed by atoms with van der Waals surface area (Å²) in [7, 11) is -2.45. The van der Waals surface area contributed by atoms with E-state index < -0.39 is 8.32 Å². The van der Waals surface area contributed by atoms with Crippen LogP contribution < -0.4 is 10.4 Å². The van der Waals surface area contributed by atoms with E-state index in [1.165, 1.54) is 21.5 Å². The van der Waals surface area contributed by atoms with Gasteiger partial charge in [0.05, 0.1) is 0 Å². The van der Waals surface area contributed by atoms with Gasteiger partial charge in [0.1, 0.15) is 0 Å². The monoisotopic (exact) mass is 376 g/mol. The van der Waals surface area contributed by atoms with Crippen LogP contribution in [0.15, 0.2) is 84.0 Å². The molecule has 0 amide bonds. The van der Waals surface area contributed by atoms with Gasteiger partial charge < -0.3 is 4.43 Å². The van der Waals surface area contributed by atoms with Crippen LogP contribution in [0, 0.1) is 5.92 Å². The predicted molar refractivity (Wildman–Crippen MR) is 119 cm³/mol. The molecular weight excluding hydrogens is 344 g/mol. The average molecular weight is 377 g/mol. The molecule has 142 valence electrons. The maximum Gasteiger partial charge on any atom is 0.261 e. The molecule has 0 N–H and O–H groups in total. The molecule has 2 aromatic rings. The summed E-state index contributed by atoms with van der Waals surface area (Å²) in [6, 6.07) is 21.8. The van der Waals surface area contributed by atoms with Gasteiger partial charge >= 0.3 is 0 Å². The Balaban J connectivity index is 2.08. The van der Waals surface area contributed by atoms with Crippen LogP contribution in [0.2, 0.25) is 5.04 Å². The quantitative estimate of drug-likeness (QED) is 0.496. The van der Waals surface area contributed by atoms with E-state index in [-0.39, 0.29) is 5.04 Å². The van der Waals surface area contributed by atoms with Gasteiger partial charge in [-0.25, -0.2) is 0 Å². The molecule has 0 aromatic heterocycles. The summed E-state index contributed by atoms with van der Waals surface area (Å²) in [5.41, 5.74) is 2.88. The summed E-state index contributed by atoms with van der Waals surface area (Å²) in [4.78, 5) is 0. The van der Waals surface area contributed by atoms with Crippen LogP contribution in [-0.2, 0) is 4.43 Å². The van der Waals surface area contributed by atoms with Crippen LogP contribution in [0.25, 0.3) is 0 Å². The molecule has 2 heteroatoms. The van der Waals surface area contributed by atoms with E-state index >= 15 is 0 Å². The van der Waals surface area contributed by atoms with Gasteiger partial charge in [0.2, 0.25) is 0 Å². The predicted octanol–water partition coefficient (Wildman–Crippen LogP) is 5.48. The van der Waals surface area contributed by atoms with Gasteiger partial charge in [-0.1, -0.05) is 105 Å². The van der Waals surface area contributed by atoms with E-state index in [2.05, 4.69) is 107 Å². The lowest BCUT2D eigenvalue weighted by Gasteiger charge is -2.44. The molecule has 0 unspecified atom stereocenters. The van der Waals surface area contributed by atoms with E-state index in [0.29, 0.717) is 5.92 Å². The molecule has 0 saturated carbocycles. The third kappa shape index (κ3) is 3.88. The van der Waals surface area contributed by atoms with Gasteiger partial charge in [-0.3, -0.25) is 0 Å². The molecule has 0 saturated heterocycles. The minimum atomic E-state index is -2.45. The summed E-state index contributed by atoms with van der Waals surface area (Å²) in [5, 5.41) is 2.73. The summed E-state index contributed by atoms with van der Waals surface area (Å²) in [6.45, 7) is 12.3. The van der Waals surface area contributed by atoms with E-state index in [4.69, 9.17) is 4.43 Å². The SMILES string of the molecule is CC1=CCC=C(C)C1CO[Si](c1ccccc1)(c1ccccc1)C(C)(C)C. The number of hydrogen-bond acceptors (Lipinski definition) is 1. The van der Waals surface area contributed by atoms with Crippen LogP contribution in [0.1, 0.15) is 41.0 Å². The zero-order valence-electron chi connectivity index (χ0n) is 17.3. The summed E-state index contributed by atoms with van der Waals surface area (Å²) >= 11 is 0. The second-order valence-corrected chi connectivity index (χ2v) is 13.0. The van der Waals surface area contributed by atoms with E-state index in [9.17, 15) is 0 Å². The van der Waals surface area contributed by atoms with Crippen molar-refractivity contribution < 1.29 is 4.43 Å². The van der Waals surface area contributed by atoms with Crippen molar-refractivity contribution in [2.24, 2.45) is 5.92 Å². The van der Waals surface area contributed by atoms with E-state index in [0.717, 1.165) is 13.0 Å². The normalized spacial score (nSPS) is 16.0. The highest BCUT2D eigenvalue weighted by molar-refractivity contribution is 6.99. The number of rotatable bonds is 5. The number of benzene rings is 2. The second kappa shape index (κ2) is 8.00. The second-order valence-electron chi connectivity index (χ2n) is 8.66. The third-order valence-electron chi connectivity index (χ3n) is 5.86. The van der Waals surface area contributed by atoms with Crippen LogP contribution >= 0.6 is 0 Å². The van der Waals surface area contributed by atoms with Gasteiger partial charge in [0.15, 0.2) is 0 Å². The molecule has 1 aliphatic carbocycles. The third-order valence-corrected chi connectivity index (χ3v) is 10.9. The first-order valence-electron chi connectivity index (χ1n) is 9.94. The highest BCUT2D eigenvalue weighted by atomic mass is 28.4. The van der Waals surface area contributed by atoms with Crippen molar-refractivity contribution in [2.45, 2.75) is 46.1 Å². The highest BCUT2D eigenvalue weighted by Crippen LogP contribution is 2.38. The first-order valence-corrected chi connectivity index (χ1v) is 11.9. The summed E-state index contributed by atoms with van der Waals surface area (Å²) in [5.74, 6) is 0.389. The summed E-state index contributed by atoms with van der Waals surface area (Å²) in [6.07, 6.45) is 5.73. The van der Waals surface area contributed by atoms with Crippen molar-refractivity contribution in [1.29, 1.82) is 0 Å². The fourth-order valence-electron chi connectivity index (χ4n) is 4.31. The molecule has 1 nitrogen and oxygen atoms in total. The Labute approximate surface area is 165 Å². The zero-order valence-corrected chi connectivity index (χ0v) is 18.3. The molecule has 27 heavy (non-hydrogen) atoms. The fraction of sp³-hybridized carbons (Fsp3) is 0.360. The molecule has 0 spiro atoms. The molecule has 3 rings (SSSR count). The Kier molecular flexibility index (Phi) is 5.88. The summed E-state index contributed by atoms with van der Waals surface area (Å²) < 4.78 is 7.10. The Morgan fingerprint density at radius 2 is 1.26 bits per heavy atom. The van der Waals surface area contributed by atoms with Crippen molar-refractivity contribution in [3.05, 3.63) is 84.0 Å². The maximum atomic E-state index is 7.10. The zero-order chi connectivity index (χ0) is 19.5. The van der Waals surface area contributed by atoms with Crippen LogP contribution in [-0.4, -0.2) is 14.9 Å². The minimum Gasteiger partial charge on any atom is -0.406 e. The minimum absolute atomic E-state index is 0.0274. The Bertz CT molecular complexity index is 755. The van der Waals surface area contributed by atoms with Crippen molar-refractivity contribution >= 4 is 18.7 Å². The van der Waals surface area contributed by atoms with Gasteiger partial charge in [-0.15, -0.1) is 0 Å². The van der Waals surface area contributed by atoms with Crippen molar-refractivity contribution in [1.82, 2.24) is 0 Å². The molecule has 1 aliphatic rings. The van der Waals surface area contributed by atoms with Crippen molar-refractivity contribution in [3.63, 3.8) is 0 Å². The van der Waals surface area contributed by atoms with Crippen molar-refractivity contribution in [3.8, 4) is 0 Å². The fourth-order valence-corrected chi connectivity index (χ4v) is 8.88. The molecule has 2 aromatic carbocycles. The lowest BCUT2D eigenvalue weighted by atomic mass is 9.88. The standard InChI is InChI=1S/C25H32OSi/c1-20-13-12-14-21(2)24(20)19-26-27(25(3,4)5,22-15-8-6-9-16-22)23-17-10-7-11-18-23/h6-11,13-18,24H,12,19H2,1-5H3. The molecule has 0 heterocycles. The Morgan fingerprint density at radius 3 is 1.67 bits per heavy atom. The molecule has 0 aliphatic heterocycles. The van der Waals surface area contributed by atoms with E-state index in [1.54, 1.807) is 0 Å². The van der Waals surface area contributed by atoms with Gasteiger partial charge in [0.25, 0.3) is 8.32 Å². The lowest BCUT2D eigenvalue weighted by Crippen LogP contribution is -2.67. The smallest absolute Gasteiger partial charge is 0.261 e. The van der Waals surface area contributed by atoms with Crippen LogP contribution in [0.4, 0.5) is 0 Å². The highest BCUT2D eigenvalue weighted by Gasteiger charge is 2.50. The number of hydrogen-bond donors (Lipinski definition) is 0. The van der Waals surface area contributed by atoms with Gasteiger partial charge in [0, 0.05) is 12.5 Å².